The first kappa shape index (κ1) is 17.9. The van der Waals surface area contributed by atoms with Crippen LogP contribution in [0, 0.1) is 5.41 Å². The summed E-state index contributed by atoms with van der Waals surface area (Å²) in [6.07, 6.45) is 1.28. The molecule has 0 radical (unpaired) electrons. The Labute approximate surface area is 126 Å². The summed E-state index contributed by atoms with van der Waals surface area (Å²) in [6, 6.07) is 0.646. The van der Waals surface area contributed by atoms with Crippen molar-refractivity contribution in [1.29, 1.82) is 0 Å². The van der Waals surface area contributed by atoms with Gasteiger partial charge in [0, 0.05) is 32.2 Å². The van der Waals surface area contributed by atoms with E-state index in [1.54, 1.807) is 0 Å². The number of nitrogens with zero attached hydrogens (tertiary/aromatic N) is 2. The molecule has 0 N–H and O–H groups in total. The zero-order chi connectivity index (χ0) is 15.4. The van der Waals surface area contributed by atoms with Crippen LogP contribution in [0.15, 0.2) is 0 Å². The lowest BCUT2D eigenvalue weighted by atomic mass is 9.92. The Bertz CT molecular complexity index is 278. The minimum Gasteiger partial charge on any atom is -0.375 e. The third-order valence-corrected chi connectivity index (χ3v) is 3.94. The third kappa shape index (κ3) is 7.61. The summed E-state index contributed by atoms with van der Waals surface area (Å²) in [4.78, 5) is 5.19. The van der Waals surface area contributed by atoms with Gasteiger partial charge in [-0.3, -0.25) is 4.90 Å². The smallest absolute Gasteiger partial charge is 0.0600 e. The molecule has 0 spiro atoms. The van der Waals surface area contributed by atoms with Crippen molar-refractivity contribution in [3.63, 3.8) is 0 Å². The van der Waals surface area contributed by atoms with Crippen LogP contribution in [0.2, 0.25) is 0 Å². The number of hydrogen-bond acceptors (Lipinski definition) is 3. The van der Waals surface area contributed by atoms with Crippen LogP contribution in [-0.2, 0) is 4.74 Å². The Hall–Kier alpha value is -0.120. The van der Waals surface area contributed by atoms with Gasteiger partial charge in [0.05, 0.1) is 12.2 Å². The topological polar surface area (TPSA) is 15.7 Å². The van der Waals surface area contributed by atoms with Crippen LogP contribution in [0.4, 0.5) is 0 Å². The van der Waals surface area contributed by atoms with Crippen LogP contribution in [-0.4, -0.2) is 60.8 Å². The minimum absolute atomic E-state index is 0.0161. The van der Waals surface area contributed by atoms with Crippen molar-refractivity contribution >= 4 is 0 Å². The molecule has 1 atom stereocenters. The molecule has 0 amide bonds. The van der Waals surface area contributed by atoms with E-state index in [9.17, 15) is 0 Å². The van der Waals surface area contributed by atoms with Gasteiger partial charge in [-0.05, 0) is 46.1 Å². The molecular formula is C17H36N2O. The summed E-state index contributed by atoms with van der Waals surface area (Å²) >= 11 is 0. The maximum atomic E-state index is 5.84. The molecule has 20 heavy (non-hydrogen) atoms. The minimum atomic E-state index is -0.0161. The van der Waals surface area contributed by atoms with Crippen LogP contribution < -0.4 is 0 Å². The van der Waals surface area contributed by atoms with Crippen molar-refractivity contribution in [3.05, 3.63) is 0 Å². The molecule has 1 aliphatic heterocycles. The molecule has 1 fully saturated rings. The molecule has 0 aromatic carbocycles. The maximum Gasteiger partial charge on any atom is 0.0600 e. The molecule has 3 heteroatoms. The zero-order valence-electron chi connectivity index (χ0n) is 14.8. The molecule has 0 aliphatic carbocycles. The van der Waals surface area contributed by atoms with Crippen molar-refractivity contribution in [2.75, 3.05) is 39.3 Å². The summed E-state index contributed by atoms with van der Waals surface area (Å²) in [7, 11) is 0. The maximum absolute atomic E-state index is 5.84. The summed E-state index contributed by atoms with van der Waals surface area (Å²) in [6.45, 7) is 22.4. The zero-order valence-corrected chi connectivity index (χ0v) is 14.8. The molecule has 1 aliphatic rings. The van der Waals surface area contributed by atoms with E-state index in [2.05, 4.69) is 58.3 Å². The predicted molar refractivity (Wildman–Crippen MR) is 87.3 cm³/mol. The average molecular weight is 284 g/mol. The Balaban J connectivity index is 2.26. The van der Waals surface area contributed by atoms with Gasteiger partial charge in [0.25, 0.3) is 0 Å². The van der Waals surface area contributed by atoms with E-state index in [1.165, 1.54) is 32.6 Å². The number of piperazine rings is 1. The van der Waals surface area contributed by atoms with Gasteiger partial charge in [-0.15, -0.1) is 0 Å². The molecule has 1 rings (SSSR count). The van der Waals surface area contributed by atoms with Crippen molar-refractivity contribution in [1.82, 2.24) is 9.80 Å². The van der Waals surface area contributed by atoms with Crippen LogP contribution in [0.1, 0.15) is 54.9 Å². The van der Waals surface area contributed by atoms with E-state index in [0.717, 1.165) is 13.2 Å². The van der Waals surface area contributed by atoms with E-state index in [0.29, 0.717) is 11.5 Å². The second-order valence-corrected chi connectivity index (χ2v) is 8.46. The van der Waals surface area contributed by atoms with E-state index in [1.807, 2.05) is 0 Å². The lowest BCUT2D eigenvalue weighted by molar-refractivity contribution is -0.0257. The third-order valence-electron chi connectivity index (χ3n) is 3.94. The lowest BCUT2D eigenvalue weighted by Crippen LogP contribution is -2.53. The molecule has 0 bridgehead atoms. The van der Waals surface area contributed by atoms with Gasteiger partial charge in [-0.1, -0.05) is 20.8 Å². The molecular weight excluding hydrogens is 248 g/mol. The highest BCUT2D eigenvalue weighted by atomic mass is 16.5. The average Bonchev–Trinajstić information content (AvgIpc) is 2.26. The van der Waals surface area contributed by atoms with Crippen molar-refractivity contribution in [2.45, 2.75) is 66.5 Å². The monoisotopic (exact) mass is 284 g/mol. The van der Waals surface area contributed by atoms with Crippen LogP contribution in [0.5, 0.6) is 0 Å². The highest BCUT2D eigenvalue weighted by Gasteiger charge is 2.24. The van der Waals surface area contributed by atoms with Crippen LogP contribution in [0.3, 0.4) is 0 Å². The Kier molecular flexibility index (Phi) is 6.49. The molecule has 1 heterocycles. The summed E-state index contributed by atoms with van der Waals surface area (Å²) in [5.74, 6) is 0. The van der Waals surface area contributed by atoms with Crippen LogP contribution in [0.25, 0.3) is 0 Å². The standard InChI is InChI=1S/C17H36N2O/c1-15-14-18(9-8-16(2,3)4)10-11-19(15)12-13-20-17(5,6)7/h15H,8-14H2,1-7H3/t15-/m1/s1. The van der Waals surface area contributed by atoms with Gasteiger partial charge in [-0.25, -0.2) is 0 Å². The Morgan fingerprint density at radius 2 is 1.65 bits per heavy atom. The first-order chi connectivity index (χ1) is 9.07. The fourth-order valence-electron chi connectivity index (χ4n) is 2.57. The molecule has 1 saturated heterocycles. The summed E-state index contributed by atoms with van der Waals surface area (Å²) < 4.78 is 5.84. The highest BCUT2D eigenvalue weighted by molar-refractivity contribution is 4.80. The second kappa shape index (κ2) is 7.24. The van der Waals surface area contributed by atoms with E-state index < -0.39 is 0 Å². The molecule has 0 saturated carbocycles. The fourth-order valence-corrected chi connectivity index (χ4v) is 2.57. The van der Waals surface area contributed by atoms with Gasteiger partial charge < -0.3 is 9.64 Å². The van der Waals surface area contributed by atoms with Crippen molar-refractivity contribution < 1.29 is 4.74 Å². The quantitative estimate of drug-likeness (QED) is 0.771. The van der Waals surface area contributed by atoms with Crippen molar-refractivity contribution in [2.24, 2.45) is 5.41 Å². The number of ether oxygens (including phenoxy) is 1. The molecule has 0 unspecified atom stereocenters. The first-order valence-corrected chi connectivity index (χ1v) is 8.17. The lowest BCUT2D eigenvalue weighted by Gasteiger charge is -2.41. The Morgan fingerprint density at radius 1 is 1.00 bits per heavy atom. The highest BCUT2D eigenvalue weighted by Crippen LogP contribution is 2.20. The number of rotatable bonds is 5. The normalized spacial score (nSPS) is 23.2. The first-order valence-electron chi connectivity index (χ1n) is 8.17. The predicted octanol–water partition coefficient (Wildman–Crippen LogP) is 3.24. The number of hydrogen-bond donors (Lipinski definition) is 0. The fraction of sp³-hybridized carbons (Fsp3) is 1.00. The Morgan fingerprint density at radius 3 is 2.15 bits per heavy atom. The van der Waals surface area contributed by atoms with Gasteiger partial charge in [0.1, 0.15) is 0 Å². The second-order valence-electron chi connectivity index (χ2n) is 8.46. The van der Waals surface area contributed by atoms with Crippen LogP contribution >= 0.6 is 0 Å². The molecule has 120 valence electrons. The van der Waals surface area contributed by atoms with Gasteiger partial charge in [0.15, 0.2) is 0 Å². The summed E-state index contributed by atoms with van der Waals surface area (Å²) in [5, 5.41) is 0. The van der Waals surface area contributed by atoms with E-state index >= 15 is 0 Å². The molecule has 0 aromatic rings. The van der Waals surface area contributed by atoms with Gasteiger partial charge in [-0.2, -0.15) is 0 Å². The van der Waals surface area contributed by atoms with Crippen molar-refractivity contribution in [3.8, 4) is 0 Å². The summed E-state index contributed by atoms with van der Waals surface area (Å²) in [5.41, 5.74) is 0.429. The van der Waals surface area contributed by atoms with E-state index in [4.69, 9.17) is 4.74 Å². The van der Waals surface area contributed by atoms with E-state index in [-0.39, 0.29) is 5.60 Å². The largest absolute Gasteiger partial charge is 0.375 e. The SMILES string of the molecule is C[C@@H]1CN(CCC(C)(C)C)CCN1CCOC(C)(C)C. The molecule has 0 aromatic heterocycles. The van der Waals surface area contributed by atoms with Gasteiger partial charge >= 0.3 is 0 Å². The molecule has 3 nitrogen and oxygen atoms in total. The van der Waals surface area contributed by atoms with Gasteiger partial charge in [0.2, 0.25) is 0 Å².